The third-order valence-corrected chi connectivity index (χ3v) is 2.49. The van der Waals surface area contributed by atoms with Gasteiger partial charge in [-0.3, -0.25) is 0 Å². The first-order chi connectivity index (χ1) is 6.40. The Balaban J connectivity index is 2.11. The number of benzene rings is 1. The largest absolute Gasteiger partial charge is 0.380 e. The van der Waals surface area contributed by atoms with Crippen LogP contribution in [0.25, 0.3) is 0 Å². The fourth-order valence-corrected chi connectivity index (χ4v) is 1.60. The van der Waals surface area contributed by atoms with Gasteiger partial charge in [0.2, 0.25) is 0 Å². The number of hydrogen-bond donors (Lipinski definition) is 1. The molecule has 0 amide bonds. The van der Waals surface area contributed by atoms with E-state index in [4.69, 9.17) is 10.5 Å². The lowest BCUT2D eigenvalue weighted by atomic mass is 9.95. The summed E-state index contributed by atoms with van der Waals surface area (Å²) in [7, 11) is 0. The summed E-state index contributed by atoms with van der Waals surface area (Å²) in [5.41, 5.74) is 8.25. The molecule has 2 heteroatoms. The van der Waals surface area contributed by atoms with Crippen molar-refractivity contribution in [1.82, 2.24) is 0 Å². The van der Waals surface area contributed by atoms with Gasteiger partial charge < -0.3 is 10.5 Å². The highest BCUT2D eigenvalue weighted by Gasteiger charge is 2.20. The summed E-state index contributed by atoms with van der Waals surface area (Å²) in [5, 5.41) is 0. The Kier molecular flexibility index (Phi) is 2.62. The van der Waals surface area contributed by atoms with Crippen molar-refractivity contribution in [3.05, 3.63) is 35.4 Å². The molecule has 0 spiro atoms. The van der Waals surface area contributed by atoms with Gasteiger partial charge in [0.15, 0.2) is 0 Å². The number of rotatable bonds is 3. The predicted molar refractivity (Wildman–Crippen MR) is 52.8 cm³/mol. The highest BCUT2D eigenvalue weighted by molar-refractivity contribution is 5.27. The smallest absolute Gasteiger partial charge is 0.0557 e. The van der Waals surface area contributed by atoms with E-state index in [1.165, 1.54) is 11.1 Å². The first-order valence-electron chi connectivity index (χ1n) is 4.77. The summed E-state index contributed by atoms with van der Waals surface area (Å²) in [6, 6.07) is 8.67. The second-order valence-corrected chi connectivity index (χ2v) is 3.52. The molecule has 1 aromatic carbocycles. The van der Waals surface area contributed by atoms with Crippen LogP contribution < -0.4 is 5.73 Å². The average Bonchev–Trinajstić information content (AvgIpc) is 2.02. The maximum Gasteiger partial charge on any atom is 0.0557 e. The average molecular weight is 177 g/mol. The Bertz CT molecular complexity index is 281. The molecule has 1 aliphatic rings. The number of hydrogen-bond acceptors (Lipinski definition) is 2. The summed E-state index contributed by atoms with van der Waals surface area (Å²) in [4.78, 5) is 0. The van der Waals surface area contributed by atoms with Crippen LogP contribution in [0.4, 0.5) is 0 Å². The van der Waals surface area contributed by atoms with Gasteiger partial charge in [0.1, 0.15) is 0 Å². The fraction of sp³-hybridized carbons (Fsp3) is 0.455. The lowest BCUT2D eigenvalue weighted by Gasteiger charge is -2.26. The van der Waals surface area contributed by atoms with Crippen molar-refractivity contribution in [1.29, 1.82) is 0 Å². The summed E-state index contributed by atoms with van der Waals surface area (Å²) < 4.78 is 5.16. The minimum absolute atomic E-state index is 0.623. The molecule has 70 valence electrons. The molecule has 0 aliphatic carbocycles. The van der Waals surface area contributed by atoms with Crippen LogP contribution in [0, 0.1) is 0 Å². The molecule has 0 bridgehead atoms. The molecular formula is C11H15NO. The lowest BCUT2D eigenvalue weighted by molar-refractivity contribution is 0.00840. The van der Waals surface area contributed by atoms with Crippen LogP contribution in [-0.2, 0) is 11.2 Å². The van der Waals surface area contributed by atoms with Gasteiger partial charge in [0.05, 0.1) is 13.2 Å². The fourth-order valence-electron chi connectivity index (χ4n) is 1.60. The van der Waals surface area contributed by atoms with Gasteiger partial charge in [-0.1, -0.05) is 24.3 Å². The lowest BCUT2D eigenvalue weighted by Crippen LogP contribution is -2.25. The Labute approximate surface area is 78.7 Å². The first kappa shape index (κ1) is 8.73. The van der Waals surface area contributed by atoms with E-state index < -0.39 is 0 Å². The van der Waals surface area contributed by atoms with Crippen LogP contribution in [0.15, 0.2) is 24.3 Å². The summed E-state index contributed by atoms with van der Waals surface area (Å²) >= 11 is 0. The molecule has 1 aliphatic heterocycles. The van der Waals surface area contributed by atoms with E-state index in [0.717, 1.165) is 26.2 Å². The molecule has 2 rings (SSSR count). The van der Waals surface area contributed by atoms with E-state index in [1.54, 1.807) is 0 Å². The van der Waals surface area contributed by atoms with E-state index in [2.05, 4.69) is 24.3 Å². The maximum absolute atomic E-state index is 5.51. The van der Waals surface area contributed by atoms with Gasteiger partial charge in [-0.2, -0.15) is 0 Å². The van der Waals surface area contributed by atoms with Crippen LogP contribution in [0.2, 0.25) is 0 Å². The standard InChI is InChI=1S/C11H15NO/c12-5-4-9-2-1-3-10(6-9)11-7-13-8-11/h1-3,6,11H,4-5,7-8,12H2. The number of nitrogens with two attached hydrogens (primary N) is 1. The minimum Gasteiger partial charge on any atom is -0.380 e. The van der Waals surface area contributed by atoms with Crippen LogP contribution in [0.1, 0.15) is 17.0 Å². The van der Waals surface area contributed by atoms with E-state index in [-0.39, 0.29) is 0 Å². The molecule has 1 heterocycles. The topological polar surface area (TPSA) is 35.2 Å². The van der Waals surface area contributed by atoms with Crippen LogP contribution in [-0.4, -0.2) is 19.8 Å². The normalized spacial score (nSPS) is 17.0. The van der Waals surface area contributed by atoms with Crippen molar-refractivity contribution in [2.45, 2.75) is 12.3 Å². The molecule has 0 unspecified atom stereocenters. The maximum atomic E-state index is 5.51. The van der Waals surface area contributed by atoms with E-state index in [9.17, 15) is 0 Å². The summed E-state index contributed by atoms with van der Waals surface area (Å²) in [6.45, 7) is 2.49. The monoisotopic (exact) mass is 177 g/mol. The van der Waals surface area contributed by atoms with Crippen molar-refractivity contribution in [2.24, 2.45) is 5.73 Å². The SMILES string of the molecule is NCCc1cccc(C2COC2)c1. The van der Waals surface area contributed by atoms with Gasteiger partial charge >= 0.3 is 0 Å². The molecule has 0 radical (unpaired) electrons. The molecule has 13 heavy (non-hydrogen) atoms. The number of ether oxygens (including phenoxy) is 1. The van der Waals surface area contributed by atoms with Crippen molar-refractivity contribution in [3.8, 4) is 0 Å². The van der Waals surface area contributed by atoms with Gasteiger partial charge in [-0.25, -0.2) is 0 Å². The zero-order valence-corrected chi connectivity index (χ0v) is 7.70. The summed E-state index contributed by atoms with van der Waals surface area (Å²) in [5.74, 6) is 0.623. The molecule has 0 aromatic heterocycles. The Morgan fingerprint density at radius 2 is 2.23 bits per heavy atom. The van der Waals surface area contributed by atoms with Crippen molar-refractivity contribution in [3.63, 3.8) is 0 Å². The highest BCUT2D eigenvalue weighted by atomic mass is 16.5. The second kappa shape index (κ2) is 3.90. The second-order valence-electron chi connectivity index (χ2n) is 3.52. The van der Waals surface area contributed by atoms with Crippen LogP contribution >= 0.6 is 0 Å². The molecule has 0 saturated carbocycles. The van der Waals surface area contributed by atoms with Crippen molar-refractivity contribution < 1.29 is 4.74 Å². The van der Waals surface area contributed by atoms with Gasteiger partial charge in [-0.15, -0.1) is 0 Å². The molecular weight excluding hydrogens is 162 g/mol. The van der Waals surface area contributed by atoms with E-state index in [0.29, 0.717) is 5.92 Å². The Morgan fingerprint density at radius 1 is 1.38 bits per heavy atom. The third-order valence-electron chi connectivity index (χ3n) is 2.49. The minimum atomic E-state index is 0.623. The highest BCUT2D eigenvalue weighted by Crippen LogP contribution is 2.24. The van der Waals surface area contributed by atoms with Gasteiger partial charge in [-0.05, 0) is 24.1 Å². The molecule has 1 saturated heterocycles. The zero-order chi connectivity index (χ0) is 9.10. The molecule has 0 atom stereocenters. The van der Waals surface area contributed by atoms with E-state index in [1.807, 2.05) is 0 Å². The zero-order valence-electron chi connectivity index (χ0n) is 7.70. The quantitative estimate of drug-likeness (QED) is 0.755. The first-order valence-corrected chi connectivity index (χ1v) is 4.77. The van der Waals surface area contributed by atoms with Crippen molar-refractivity contribution >= 4 is 0 Å². The van der Waals surface area contributed by atoms with Crippen LogP contribution in [0.5, 0.6) is 0 Å². The van der Waals surface area contributed by atoms with Gasteiger partial charge in [0, 0.05) is 5.92 Å². The van der Waals surface area contributed by atoms with E-state index >= 15 is 0 Å². The molecule has 2 N–H and O–H groups in total. The molecule has 2 nitrogen and oxygen atoms in total. The van der Waals surface area contributed by atoms with Gasteiger partial charge in [0.25, 0.3) is 0 Å². The predicted octanol–water partition coefficient (Wildman–Crippen LogP) is 1.30. The molecule has 1 fully saturated rings. The molecule has 1 aromatic rings. The Morgan fingerprint density at radius 3 is 2.85 bits per heavy atom. The Hall–Kier alpha value is -0.860. The van der Waals surface area contributed by atoms with Crippen LogP contribution in [0.3, 0.4) is 0 Å². The summed E-state index contributed by atoms with van der Waals surface area (Å²) in [6.07, 6.45) is 0.974. The third kappa shape index (κ3) is 1.90. The van der Waals surface area contributed by atoms with Crippen molar-refractivity contribution in [2.75, 3.05) is 19.8 Å².